The molecule has 1 fully saturated rings. The van der Waals surface area contributed by atoms with Gasteiger partial charge < -0.3 is 15.0 Å². The Bertz CT molecular complexity index is 421. The molecule has 0 aromatic carbocycles. The highest BCUT2D eigenvalue weighted by molar-refractivity contribution is 6.29. The van der Waals surface area contributed by atoms with Crippen LogP contribution in [0, 0.1) is 0 Å². The summed E-state index contributed by atoms with van der Waals surface area (Å²) in [4.78, 5) is 21.2. The third-order valence-electron chi connectivity index (χ3n) is 2.86. The SMILES string of the molecule is CNC(=O)OC1CCN(c2cc(Cl)ncn2)CC1. The Morgan fingerprint density at radius 2 is 2.22 bits per heavy atom. The van der Waals surface area contributed by atoms with E-state index in [9.17, 15) is 4.79 Å². The van der Waals surface area contributed by atoms with Gasteiger partial charge in [0.1, 0.15) is 23.4 Å². The number of amides is 1. The van der Waals surface area contributed by atoms with Gasteiger partial charge in [-0.3, -0.25) is 0 Å². The molecule has 98 valence electrons. The molecule has 1 aliphatic heterocycles. The Hall–Kier alpha value is -1.56. The smallest absolute Gasteiger partial charge is 0.407 e. The topological polar surface area (TPSA) is 67.3 Å². The number of piperidine rings is 1. The number of rotatable bonds is 2. The summed E-state index contributed by atoms with van der Waals surface area (Å²) in [5.74, 6) is 0.813. The van der Waals surface area contributed by atoms with Gasteiger partial charge in [-0.05, 0) is 0 Å². The molecule has 2 heterocycles. The van der Waals surface area contributed by atoms with Crippen molar-refractivity contribution in [2.24, 2.45) is 0 Å². The summed E-state index contributed by atoms with van der Waals surface area (Å²) in [6, 6.07) is 1.74. The molecule has 1 N–H and O–H groups in total. The van der Waals surface area contributed by atoms with E-state index in [1.165, 1.54) is 6.33 Å². The fraction of sp³-hybridized carbons (Fsp3) is 0.545. The second-order valence-electron chi connectivity index (χ2n) is 4.04. The second-order valence-corrected chi connectivity index (χ2v) is 4.43. The van der Waals surface area contributed by atoms with E-state index in [2.05, 4.69) is 20.2 Å². The van der Waals surface area contributed by atoms with Crippen molar-refractivity contribution in [2.75, 3.05) is 25.0 Å². The minimum absolute atomic E-state index is 0.0292. The van der Waals surface area contributed by atoms with Crippen LogP contribution in [0.15, 0.2) is 12.4 Å². The zero-order valence-corrected chi connectivity index (χ0v) is 10.9. The zero-order chi connectivity index (χ0) is 13.0. The molecule has 7 heteroatoms. The first-order chi connectivity index (χ1) is 8.69. The maximum atomic E-state index is 11.1. The van der Waals surface area contributed by atoms with Gasteiger partial charge in [0, 0.05) is 39.0 Å². The molecule has 0 spiro atoms. The predicted molar refractivity (Wildman–Crippen MR) is 67.8 cm³/mol. The molecule has 6 nitrogen and oxygen atoms in total. The maximum absolute atomic E-state index is 11.1. The summed E-state index contributed by atoms with van der Waals surface area (Å²) in [6.45, 7) is 1.57. The Morgan fingerprint density at radius 3 is 2.83 bits per heavy atom. The second kappa shape index (κ2) is 5.86. The lowest BCUT2D eigenvalue weighted by atomic mass is 10.1. The first-order valence-electron chi connectivity index (χ1n) is 5.80. The molecule has 2 rings (SSSR count). The molecule has 1 aliphatic rings. The molecule has 0 bridgehead atoms. The number of carbonyl (C=O) groups is 1. The fourth-order valence-corrected chi connectivity index (χ4v) is 2.05. The van der Waals surface area contributed by atoms with Crippen LogP contribution < -0.4 is 10.2 Å². The van der Waals surface area contributed by atoms with Crippen molar-refractivity contribution in [3.8, 4) is 0 Å². The normalized spacial score (nSPS) is 16.4. The molecule has 0 saturated carbocycles. The first kappa shape index (κ1) is 12.9. The number of ether oxygens (including phenoxy) is 1. The van der Waals surface area contributed by atoms with Crippen LogP contribution in [0.3, 0.4) is 0 Å². The van der Waals surface area contributed by atoms with Gasteiger partial charge in [0.05, 0.1) is 0 Å². The minimum atomic E-state index is -0.376. The van der Waals surface area contributed by atoms with E-state index in [-0.39, 0.29) is 12.2 Å². The van der Waals surface area contributed by atoms with Gasteiger partial charge in [-0.25, -0.2) is 14.8 Å². The van der Waals surface area contributed by atoms with Crippen molar-refractivity contribution < 1.29 is 9.53 Å². The maximum Gasteiger partial charge on any atom is 0.407 e. The van der Waals surface area contributed by atoms with Gasteiger partial charge in [0.25, 0.3) is 0 Å². The Labute approximate surface area is 110 Å². The molecule has 0 aliphatic carbocycles. The number of nitrogens with one attached hydrogen (secondary N) is 1. The first-order valence-corrected chi connectivity index (χ1v) is 6.17. The zero-order valence-electron chi connectivity index (χ0n) is 10.1. The van der Waals surface area contributed by atoms with Crippen LogP contribution in [0.5, 0.6) is 0 Å². The van der Waals surface area contributed by atoms with Crippen LogP contribution in [0.4, 0.5) is 10.6 Å². The average Bonchev–Trinajstić information content (AvgIpc) is 2.39. The monoisotopic (exact) mass is 270 g/mol. The van der Waals surface area contributed by atoms with Crippen molar-refractivity contribution in [1.29, 1.82) is 0 Å². The van der Waals surface area contributed by atoms with Crippen molar-refractivity contribution >= 4 is 23.5 Å². The highest BCUT2D eigenvalue weighted by atomic mass is 35.5. The summed E-state index contributed by atoms with van der Waals surface area (Å²) in [5.41, 5.74) is 0. The van der Waals surface area contributed by atoms with Crippen LogP contribution in [-0.2, 0) is 4.74 Å². The van der Waals surface area contributed by atoms with E-state index in [1.807, 2.05) is 0 Å². The third kappa shape index (κ3) is 3.22. The van der Waals surface area contributed by atoms with Crippen molar-refractivity contribution in [3.63, 3.8) is 0 Å². The van der Waals surface area contributed by atoms with Crippen LogP contribution in [-0.4, -0.2) is 42.3 Å². The van der Waals surface area contributed by atoms with Crippen LogP contribution in [0.1, 0.15) is 12.8 Å². The van der Waals surface area contributed by atoms with Crippen molar-refractivity contribution in [1.82, 2.24) is 15.3 Å². The van der Waals surface area contributed by atoms with Crippen molar-refractivity contribution in [2.45, 2.75) is 18.9 Å². The number of halogens is 1. The number of carbonyl (C=O) groups excluding carboxylic acids is 1. The summed E-state index contributed by atoms with van der Waals surface area (Å²) < 4.78 is 5.21. The summed E-state index contributed by atoms with van der Waals surface area (Å²) in [6.07, 6.45) is 2.62. The molecular weight excluding hydrogens is 256 g/mol. The van der Waals surface area contributed by atoms with Gasteiger partial charge in [-0.2, -0.15) is 0 Å². The number of hydrogen-bond donors (Lipinski definition) is 1. The number of aromatic nitrogens is 2. The van der Waals surface area contributed by atoms with E-state index in [0.717, 1.165) is 31.7 Å². The van der Waals surface area contributed by atoms with E-state index >= 15 is 0 Å². The molecule has 1 aromatic rings. The lowest BCUT2D eigenvalue weighted by molar-refractivity contribution is 0.0848. The predicted octanol–water partition coefficient (Wildman–Crippen LogP) is 1.45. The molecule has 1 aromatic heterocycles. The number of alkyl carbamates (subject to hydrolysis) is 1. The molecule has 0 unspecified atom stereocenters. The summed E-state index contributed by atoms with van der Waals surface area (Å²) >= 11 is 5.82. The lowest BCUT2D eigenvalue weighted by Crippen LogP contribution is -2.39. The average molecular weight is 271 g/mol. The molecule has 18 heavy (non-hydrogen) atoms. The van der Waals surface area contributed by atoms with E-state index in [0.29, 0.717) is 5.15 Å². The Kier molecular flexibility index (Phi) is 4.19. The minimum Gasteiger partial charge on any atom is -0.446 e. The van der Waals surface area contributed by atoms with Gasteiger partial charge in [0.15, 0.2) is 0 Å². The van der Waals surface area contributed by atoms with Crippen LogP contribution in [0.25, 0.3) is 0 Å². The molecular formula is C11H15ClN4O2. The van der Waals surface area contributed by atoms with Crippen LogP contribution in [0.2, 0.25) is 5.15 Å². The fourth-order valence-electron chi connectivity index (χ4n) is 1.91. The standard InChI is InChI=1S/C11H15ClN4O2/c1-13-11(17)18-8-2-4-16(5-3-8)10-6-9(12)14-7-15-10/h6-8H,2-5H2,1H3,(H,13,17). The largest absolute Gasteiger partial charge is 0.446 e. The van der Waals surface area contributed by atoms with E-state index in [4.69, 9.17) is 16.3 Å². The van der Waals surface area contributed by atoms with Gasteiger partial charge in [0.2, 0.25) is 0 Å². The number of hydrogen-bond acceptors (Lipinski definition) is 5. The summed E-state index contributed by atoms with van der Waals surface area (Å²) in [5, 5.41) is 2.88. The molecule has 1 saturated heterocycles. The Balaban J connectivity index is 1.88. The number of nitrogens with zero attached hydrogens (tertiary/aromatic N) is 3. The summed E-state index contributed by atoms with van der Waals surface area (Å²) in [7, 11) is 1.56. The van der Waals surface area contributed by atoms with E-state index < -0.39 is 0 Å². The quantitative estimate of drug-likeness (QED) is 0.824. The lowest BCUT2D eigenvalue weighted by Gasteiger charge is -2.32. The molecule has 1 amide bonds. The van der Waals surface area contributed by atoms with E-state index in [1.54, 1.807) is 13.1 Å². The molecule has 0 atom stereocenters. The van der Waals surface area contributed by atoms with Gasteiger partial charge >= 0.3 is 6.09 Å². The number of anilines is 1. The molecule has 0 radical (unpaired) electrons. The highest BCUT2D eigenvalue weighted by Crippen LogP contribution is 2.20. The van der Waals surface area contributed by atoms with Gasteiger partial charge in [-0.1, -0.05) is 11.6 Å². The van der Waals surface area contributed by atoms with Gasteiger partial charge in [-0.15, -0.1) is 0 Å². The third-order valence-corrected chi connectivity index (χ3v) is 3.07. The van der Waals surface area contributed by atoms with Crippen molar-refractivity contribution in [3.05, 3.63) is 17.5 Å². The van der Waals surface area contributed by atoms with Crippen LogP contribution >= 0.6 is 11.6 Å². The highest BCUT2D eigenvalue weighted by Gasteiger charge is 2.22. The Morgan fingerprint density at radius 1 is 1.50 bits per heavy atom.